The van der Waals surface area contributed by atoms with Gasteiger partial charge in [-0.2, -0.15) is 11.8 Å². The summed E-state index contributed by atoms with van der Waals surface area (Å²) in [6.07, 6.45) is 1.22. The van der Waals surface area contributed by atoms with Crippen LogP contribution in [0.25, 0.3) is 0 Å². The molecule has 1 unspecified atom stereocenters. The van der Waals surface area contributed by atoms with Gasteiger partial charge in [0.25, 0.3) is 0 Å². The Bertz CT molecular complexity index is 583. The second-order valence-electron chi connectivity index (χ2n) is 6.92. The fraction of sp³-hybridized carbons (Fsp3) is 0.667. The summed E-state index contributed by atoms with van der Waals surface area (Å²) in [4.78, 5) is 30.9. The lowest BCUT2D eigenvalue weighted by atomic mass is 9.86. The Morgan fingerprint density at radius 3 is 2.71 bits per heavy atom. The molecule has 2 aliphatic rings. The van der Waals surface area contributed by atoms with Crippen molar-refractivity contribution in [3.05, 3.63) is 16.1 Å². The fourth-order valence-corrected chi connectivity index (χ4v) is 5.25. The van der Waals surface area contributed by atoms with Crippen LogP contribution in [0.4, 0.5) is 0 Å². The number of aromatic nitrogens is 1. The zero-order chi connectivity index (χ0) is 15.3. The molecular weight excluding hydrogens is 304 g/mol. The number of thiazole rings is 1. The number of rotatable bonds is 2. The SMILES string of the molecule is CC(C)(C)c1csc(CN2C(=O)CC3(CCSC3)C2=O)n1. The van der Waals surface area contributed by atoms with E-state index in [0.29, 0.717) is 13.0 Å². The van der Waals surface area contributed by atoms with Crippen LogP contribution in [0.15, 0.2) is 5.38 Å². The highest BCUT2D eigenvalue weighted by molar-refractivity contribution is 7.99. The number of carbonyl (C=O) groups excluding carboxylic acids is 2. The molecule has 0 N–H and O–H groups in total. The molecule has 3 heterocycles. The van der Waals surface area contributed by atoms with Gasteiger partial charge in [-0.15, -0.1) is 11.3 Å². The zero-order valence-electron chi connectivity index (χ0n) is 12.6. The average molecular weight is 324 g/mol. The maximum absolute atomic E-state index is 12.6. The molecule has 21 heavy (non-hydrogen) atoms. The van der Waals surface area contributed by atoms with Gasteiger partial charge in [0.15, 0.2) is 0 Å². The highest BCUT2D eigenvalue weighted by Gasteiger charge is 2.53. The van der Waals surface area contributed by atoms with Crippen LogP contribution in [0, 0.1) is 5.41 Å². The topological polar surface area (TPSA) is 50.3 Å². The van der Waals surface area contributed by atoms with E-state index in [4.69, 9.17) is 0 Å². The second-order valence-corrected chi connectivity index (χ2v) is 8.97. The molecule has 1 aromatic heterocycles. The van der Waals surface area contributed by atoms with Gasteiger partial charge in [-0.05, 0) is 12.2 Å². The minimum Gasteiger partial charge on any atom is -0.275 e. The first kappa shape index (κ1) is 15.0. The van der Waals surface area contributed by atoms with Crippen LogP contribution in [0.5, 0.6) is 0 Å². The first-order valence-corrected chi connectivity index (χ1v) is 9.23. The van der Waals surface area contributed by atoms with Crippen LogP contribution >= 0.6 is 23.1 Å². The number of hydrogen-bond acceptors (Lipinski definition) is 5. The van der Waals surface area contributed by atoms with Crippen LogP contribution in [0.1, 0.15) is 44.3 Å². The third-order valence-electron chi connectivity index (χ3n) is 4.21. The molecule has 114 valence electrons. The molecule has 1 aromatic rings. The van der Waals surface area contributed by atoms with Gasteiger partial charge in [-0.3, -0.25) is 14.5 Å². The van der Waals surface area contributed by atoms with Crippen molar-refractivity contribution in [1.29, 1.82) is 0 Å². The summed E-state index contributed by atoms with van der Waals surface area (Å²) in [6, 6.07) is 0. The Labute approximate surface area is 133 Å². The van der Waals surface area contributed by atoms with E-state index < -0.39 is 5.41 Å². The summed E-state index contributed by atoms with van der Waals surface area (Å²) in [6.45, 7) is 6.68. The van der Waals surface area contributed by atoms with Crippen molar-refractivity contribution in [3.63, 3.8) is 0 Å². The first-order chi connectivity index (χ1) is 9.82. The van der Waals surface area contributed by atoms with Crippen LogP contribution < -0.4 is 0 Å². The first-order valence-electron chi connectivity index (χ1n) is 7.19. The van der Waals surface area contributed by atoms with Crippen molar-refractivity contribution in [2.24, 2.45) is 5.41 Å². The van der Waals surface area contributed by atoms with Crippen molar-refractivity contribution in [1.82, 2.24) is 9.88 Å². The Balaban J connectivity index is 1.77. The monoisotopic (exact) mass is 324 g/mol. The van der Waals surface area contributed by atoms with Gasteiger partial charge < -0.3 is 0 Å². The van der Waals surface area contributed by atoms with Crippen LogP contribution in [-0.4, -0.2) is 33.2 Å². The third kappa shape index (κ3) is 2.63. The Morgan fingerprint density at radius 1 is 1.38 bits per heavy atom. The Hall–Kier alpha value is -0.880. The molecule has 0 aliphatic carbocycles. The number of amides is 2. The van der Waals surface area contributed by atoms with E-state index in [1.807, 2.05) is 5.38 Å². The van der Waals surface area contributed by atoms with E-state index in [-0.39, 0.29) is 17.2 Å². The number of imide groups is 1. The molecular formula is C15H20N2O2S2. The maximum Gasteiger partial charge on any atom is 0.237 e. The lowest BCUT2D eigenvalue weighted by Crippen LogP contribution is -2.35. The molecule has 2 saturated heterocycles. The molecule has 2 fully saturated rings. The normalized spacial score (nSPS) is 26.3. The number of nitrogens with zero attached hydrogens (tertiary/aromatic N) is 2. The smallest absolute Gasteiger partial charge is 0.237 e. The van der Waals surface area contributed by atoms with E-state index in [1.165, 1.54) is 16.2 Å². The van der Waals surface area contributed by atoms with Crippen LogP contribution in [-0.2, 0) is 21.5 Å². The number of hydrogen-bond donors (Lipinski definition) is 0. The van der Waals surface area contributed by atoms with Crippen LogP contribution in [0.2, 0.25) is 0 Å². The van der Waals surface area contributed by atoms with Crippen molar-refractivity contribution < 1.29 is 9.59 Å². The molecule has 3 rings (SSSR count). The molecule has 1 atom stereocenters. The molecule has 2 amide bonds. The zero-order valence-corrected chi connectivity index (χ0v) is 14.3. The molecule has 4 nitrogen and oxygen atoms in total. The van der Waals surface area contributed by atoms with Gasteiger partial charge in [0.05, 0.1) is 17.7 Å². The average Bonchev–Trinajstić information content (AvgIpc) is 3.07. The van der Waals surface area contributed by atoms with Crippen LogP contribution in [0.3, 0.4) is 0 Å². The quantitative estimate of drug-likeness (QED) is 0.785. The van der Waals surface area contributed by atoms with Gasteiger partial charge in [-0.25, -0.2) is 4.98 Å². The minimum atomic E-state index is -0.411. The van der Waals surface area contributed by atoms with Gasteiger partial charge in [-0.1, -0.05) is 20.8 Å². The lowest BCUT2D eigenvalue weighted by Gasteiger charge is -2.19. The van der Waals surface area contributed by atoms with E-state index in [1.54, 1.807) is 11.8 Å². The molecule has 6 heteroatoms. The summed E-state index contributed by atoms with van der Waals surface area (Å²) in [5.41, 5.74) is 0.607. The lowest BCUT2D eigenvalue weighted by molar-refractivity contribution is -0.141. The highest BCUT2D eigenvalue weighted by atomic mass is 32.2. The van der Waals surface area contributed by atoms with E-state index in [0.717, 1.165) is 28.6 Å². The summed E-state index contributed by atoms with van der Waals surface area (Å²) in [7, 11) is 0. The predicted octanol–water partition coefficient (Wildman–Crippen LogP) is 2.82. The van der Waals surface area contributed by atoms with Crippen molar-refractivity contribution in [2.45, 2.75) is 45.6 Å². The van der Waals surface area contributed by atoms with Crippen molar-refractivity contribution in [2.75, 3.05) is 11.5 Å². The second kappa shape index (κ2) is 5.09. The van der Waals surface area contributed by atoms with E-state index in [9.17, 15) is 9.59 Å². The van der Waals surface area contributed by atoms with Gasteiger partial charge in [0.1, 0.15) is 5.01 Å². The maximum atomic E-state index is 12.6. The summed E-state index contributed by atoms with van der Waals surface area (Å²) >= 11 is 3.31. The van der Waals surface area contributed by atoms with E-state index >= 15 is 0 Å². The molecule has 0 radical (unpaired) electrons. The van der Waals surface area contributed by atoms with Crippen molar-refractivity contribution >= 4 is 34.9 Å². The molecule has 0 bridgehead atoms. The molecule has 0 saturated carbocycles. The van der Waals surface area contributed by atoms with Gasteiger partial charge in [0, 0.05) is 23.0 Å². The summed E-state index contributed by atoms with van der Waals surface area (Å²) in [5.74, 6) is 1.76. The largest absolute Gasteiger partial charge is 0.275 e. The highest BCUT2D eigenvalue weighted by Crippen LogP contribution is 2.45. The number of thioether (sulfide) groups is 1. The molecule has 0 aromatic carbocycles. The standard InChI is InChI=1S/C15H20N2O2S2/c1-14(2,3)10-8-21-11(16-10)7-17-12(18)6-15(13(17)19)4-5-20-9-15/h8H,4-7,9H2,1-3H3. The van der Waals surface area contributed by atoms with Crippen molar-refractivity contribution in [3.8, 4) is 0 Å². The molecule has 2 aliphatic heterocycles. The predicted molar refractivity (Wildman–Crippen MR) is 85.4 cm³/mol. The summed E-state index contributed by atoms with van der Waals surface area (Å²) < 4.78 is 0. The van der Waals surface area contributed by atoms with Gasteiger partial charge in [0.2, 0.25) is 11.8 Å². The Morgan fingerprint density at radius 2 is 2.14 bits per heavy atom. The number of likely N-dealkylation sites (tertiary alicyclic amines) is 1. The van der Waals surface area contributed by atoms with Gasteiger partial charge >= 0.3 is 0 Å². The fourth-order valence-electron chi connectivity index (χ4n) is 2.80. The Kier molecular flexibility index (Phi) is 3.64. The minimum absolute atomic E-state index is 0.00288. The van der Waals surface area contributed by atoms with E-state index in [2.05, 4.69) is 25.8 Å². The number of carbonyl (C=O) groups is 2. The molecule has 1 spiro atoms. The third-order valence-corrected chi connectivity index (χ3v) is 6.29. The summed E-state index contributed by atoms with van der Waals surface area (Å²) in [5, 5.41) is 2.88.